The summed E-state index contributed by atoms with van der Waals surface area (Å²) in [5, 5.41) is 2.70. The number of hydrogen-bond acceptors (Lipinski definition) is 4. The monoisotopic (exact) mass is 350 g/mol. The van der Waals surface area contributed by atoms with Crippen LogP contribution >= 0.6 is 0 Å². The molecule has 7 heteroatoms. The maximum absolute atomic E-state index is 13.3. The van der Waals surface area contributed by atoms with Crippen LogP contribution in [-0.4, -0.2) is 26.2 Å². The number of carbonyl (C=O) groups excluding carboxylic acids is 1. The number of hydrogen-bond donors (Lipinski definition) is 2. The quantitative estimate of drug-likeness (QED) is 0.805. The second kappa shape index (κ2) is 8.43. The van der Waals surface area contributed by atoms with Crippen molar-refractivity contribution in [1.82, 2.24) is 5.32 Å². The van der Waals surface area contributed by atoms with Gasteiger partial charge in [-0.25, -0.2) is 8.78 Å². The molecule has 0 aliphatic carbocycles. The van der Waals surface area contributed by atoms with Crippen LogP contribution in [-0.2, 0) is 0 Å². The molecule has 1 atom stereocenters. The Labute approximate surface area is 144 Å². The number of amides is 1. The number of nitrogens with two attached hydrogens (primary N) is 1. The van der Waals surface area contributed by atoms with Crippen LogP contribution in [0.2, 0.25) is 0 Å². The molecule has 0 radical (unpaired) electrons. The summed E-state index contributed by atoms with van der Waals surface area (Å²) < 4.78 is 37.3. The largest absolute Gasteiger partial charge is 0.497 e. The summed E-state index contributed by atoms with van der Waals surface area (Å²) in [5.74, 6) is -0.990. The fourth-order valence-corrected chi connectivity index (χ4v) is 2.29. The maximum atomic E-state index is 13.3. The van der Waals surface area contributed by atoms with E-state index in [1.807, 2.05) is 0 Å². The van der Waals surface area contributed by atoms with Crippen LogP contribution in [0, 0.1) is 11.6 Å². The third-order valence-electron chi connectivity index (χ3n) is 3.54. The van der Waals surface area contributed by atoms with Gasteiger partial charge in [-0.15, -0.1) is 0 Å². The molecule has 2 rings (SSSR count). The van der Waals surface area contributed by atoms with Crippen molar-refractivity contribution in [1.29, 1.82) is 0 Å². The van der Waals surface area contributed by atoms with Gasteiger partial charge in [-0.1, -0.05) is 0 Å². The number of ether oxygens (including phenoxy) is 2. The molecule has 1 unspecified atom stereocenters. The van der Waals surface area contributed by atoms with Crippen molar-refractivity contribution in [3.63, 3.8) is 0 Å². The van der Waals surface area contributed by atoms with Crippen molar-refractivity contribution in [2.75, 3.05) is 20.3 Å². The second-order valence-corrected chi connectivity index (χ2v) is 5.40. The van der Waals surface area contributed by atoms with E-state index < -0.39 is 23.6 Å². The van der Waals surface area contributed by atoms with E-state index in [9.17, 15) is 13.6 Å². The first-order chi connectivity index (χ1) is 11.9. The van der Waals surface area contributed by atoms with Crippen LogP contribution in [0.25, 0.3) is 0 Å². The second-order valence-electron chi connectivity index (χ2n) is 5.40. The lowest BCUT2D eigenvalue weighted by Crippen LogP contribution is -2.27. The molecule has 0 heterocycles. The van der Waals surface area contributed by atoms with Gasteiger partial charge < -0.3 is 20.5 Å². The van der Waals surface area contributed by atoms with Gasteiger partial charge in [0.25, 0.3) is 5.91 Å². The van der Waals surface area contributed by atoms with E-state index in [4.69, 9.17) is 15.2 Å². The molecule has 0 aliphatic heterocycles. The van der Waals surface area contributed by atoms with Crippen molar-refractivity contribution in [3.8, 4) is 11.5 Å². The lowest BCUT2D eigenvalue weighted by atomic mass is 10.1. The van der Waals surface area contributed by atoms with Gasteiger partial charge in [0.2, 0.25) is 0 Å². The minimum absolute atomic E-state index is 0.234. The Kier molecular flexibility index (Phi) is 6.30. The SMILES string of the molecule is COc1ccc(C(=O)NC(C)c2cc(F)cc(F)c2)c(OCCN)c1. The highest BCUT2D eigenvalue weighted by Crippen LogP contribution is 2.26. The lowest BCUT2D eigenvalue weighted by Gasteiger charge is -2.17. The Bertz CT molecular complexity index is 733. The predicted molar refractivity (Wildman–Crippen MR) is 89.8 cm³/mol. The third kappa shape index (κ3) is 4.90. The first-order valence-corrected chi connectivity index (χ1v) is 7.72. The summed E-state index contributed by atoms with van der Waals surface area (Å²) in [7, 11) is 1.50. The van der Waals surface area contributed by atoms with Gasteiger partial charge in [0.1, 0.15) is 29.7 Å². The van der Waals surface area contributed by atoms with Gasteiger partial charge in [-0.3, -0.25) is 4.79 Å². The minimum atomic E-state index is -0.701. The van der Waals surface area contributed by atoms with E-state index >= 15 is 0 Å². The van der Waals surface area contributed by atoms with Crippen LogP contribution in [0.3, 0.4) is 0 Å². The van der Waals surface area contributed by atoms with Crippen molar-refractivity contribution < 1.29 is 23.0 Å². The number of rotatable bonds is 7. The van der Waals surface area contributed by atoms with E-state index in [0.717, 1.165) is 6.07 Å². The molecule has 2 aromatic carbocycles. The average Bonchev–Trinajstić information content (AvgIpc) is 2.58. The molecule has 1 amide bonds. The van der Waals surface area contributed by atoms with Gasteiger partial charge in [-0.2, -0.15) is 0 Å². The summed E-state index contributed by atoms with van der Waals surface area (Å²) in [6.45, 7) is 2.16. The van der Waals surface area contributed by atoms with E-state index in [-0.39, 0.29) is 18.7 Å². The smallest absolute Gasteiger partial charge is 0.255 e. The van der Waals surface area contributed by atoms with Crippen molar-refractivity contribution >= 4 is 5.91 Å². The zero-order valence-corrected chi connectivity index (χ0v) is 14.0. The highest BCUT2D eigenvalue weighted by molar-refractivity contribution is 5.97. The Morgan fingerprint density at radius 1 is 1.20 bits per heavy atom. The standard InChI is InChI=1S/C18H20F2N2O3/c1-11(12-7-13(19)9-14(20)8-12)22-18(23)16-4-3-15(24-2)10-17(16)25-6-5-21/h3-4,7-11H,5-6,21H2,1-2H3,(H,22,23). The maximum Gasteiger partial charge on any atom is 0.255 e. The first-order valence-electron chi connectivity index (χ1n) is 7.72. The van der Waals surface area contributed by atoms with Gasteiger partial charge in [0.15, 0.2) is 0 Å². The number of nitrogens with one attached hydrogen (secondary N) is 1. The molecule has 0 spiro atoms. The molecular formula is C18H20F2N2O3. The highest BCUT2D eigenvalue weighted by atomic mass is 19.1. The van der Waals surface area contributed by atoms with Gasteiger partial charge in [-0.05, 0) is 36.8 Å². The molecule has 0 saturated carbocycles. The zero-order valence-electron chi connectivity index (χ0n) is 14.0. The minimum Gasteiger partial charge on any atom is -0.497 e. The van der Waals surface area contributed by atoms with Crippen LogP contribution < -0.4 is 20.5 Å². The lowest BCUT2D eigenvalue weighted by molar-refractivity contribution is 0.0935. The van der Waals surface area contributed by atoms with Crippen molar-refractivity contribution in [3.05, 3.63) is 59.2 Å². The molecule has 0 aromatic heterocycles. The zero-order chi connectivity index (χ0) is 18.4. The van der Waals surface area contributed by atoms with E-state index in [1.54, 1.807) is 25.1 Å². The first kappa shape index (κ1) is 18.7. The fraction of sp³-hybridized carbons (Fsp3) is 0.278. The molecule has 0 aliphatic rings. The van der Waals surface area contributed by atoms with Gasteiger partial charge >= 0.3 is 0 Å². The summed E-state index contributed by atoms with van der Waals surface area (Å²) >= 11 is 0. The van der Waals surface area contributed by atoms with Crippen LogP contribution in [0.15, 0.2) is 36.4 Å². The Morgan fingerprint density at radius 3 is 2.48 bits per heavy atom. The topological polar surface area (TPSA) is 73.6 Å². The Morgan fingerprint density at radius 2 is 1.88 bits per heavy atom. The highest BCUT2D eigenvalue weighted by Gasteiger charge is 2.17. The number of benzene rings is 2. The van der Waals surface area contributed by atoms with Crippen LogP contribution in [0.5, 0.6) is 11.5 Å². The van der Waals surface area contributed by atoms with E-state index in [1.165, 1.54) is 19.2 Å². The van der Waals surface area contributed by atoms with Crippen molar-refractivity contribution in [2.24, 2.45) is 5.73 Å². The molecule has 5 nitrogen and oxygen atoms in total. The number of halogens is 2. The molecule has 0 saturated heterocycles. The number of carbonyl (C=O) groups is 1. The molecule has 0 bridgehead atoms. The average molecular weight is 350 g/mol. The molecule has 3 N–H and O–H groups in total. The van der Waals surface area contributed by atoms with Gasteiger partial charge in [0.05, 0.1) is 18.7 Å². The molecule has 25 heavy (non-hydrogen) atoms. The van der Waals surface area contributed by atoms with Crippen LogP contribution in [0.4, 0.5) is 8.78 Å². The summed E-state index contributed by atoms with van der Waals surface area (Å²) in [5.41, 5.74) is 6.03. The summed E-state index contributed by atoms with van der Waals surface area (Å²) in [4.78, 5) is 12.5. The van der Waals surface area contributed by atoms with Crippen molar-refractivity contribution in [2.45, 2.75) is 13.0 Å². The van der Waals surface area contributed by atoms with Crippen LogP contribution in [0.1, 0.15) is 28.9 Å². The van der Waals surface area contributed by atoms with E-state index in [0.29, 0.717) is 17.1 Å². The predicted octanol–water partition coefficient (Wildman–Crippen LogP) is 2.80. The van der Waals surface area contributed by atoms with E-state index in [2.05, 4.69) is 5.32 Å². The fourth-order valence-electron chi connectivity index (χ4n) is 2.29. The van der Waals surface area contributed by atoms with Gasteiger partial charge in [0, 0.05) is 18.7 Å². The Hall–Kier alpha value is -2.67. The molecule has 134 valence electrons. The Balaban J connectivity index is 2.21. The molecule has 0 fully saturated rings. The number of methoxy groups -OCH3 is 1. The molecular weight excluding hydrogens is 330 g/mol. The summed E-state index contributed by atoms with van der Waals surface area (Å²) in [6, 6.07) is 7.29. The summed E-state index contributed by atoms with van der Waals surface area (Å²) in [6.07, 6.45) is 0. The molecule has 2 aromatic rings. The normalized spacial score (nSPS) is 11.7. The third-order valence-corrected chi connectivity index (χ3v) is 3.54.